The maximum Gasteiger partial charge on any atom is 0.259 e. The number of rotatable bonds is 3. The zero-order valence-corrected chi connectivity index (χ0v) is 13.8. The van der Waals surface area contributed by atoms with E-state index in [-0.39, 0.29) is 0 Å². The van der Waals surface area contributed by atoms with E-state index in [1.807, 2.05) is 12.3 Å². The van der Waals surface area contributed by atoms with E-state index in [0.29, 0.717) is 32.1 Å². The Balaban J connectivity index is 1.41. The Morgan fingerprint density at radius 1 is 1.00 bits per heavy atom. The summed E-state index contributed by atoms with van der Waals surface area (Å²) in [5.41, 5.74) is 0.815. The lowest BCUT2D eigenvalue weighted by Crippen LogP contribution is -2.49. The largest absolute Gasteiger partial charge is 0.353 e. The third-order valence-electron chi connectivity index (χ3n) is 4.89. The molecule has 1 aromatic carbocycles. The highest BCUT2D eigenvalue weighted by molar-refractivity contribution is 5.95. The lowest BCUT2D eigenvalue weighted by molar-refractivity contribution is 0.0736. The molecular formula is C19H19F2N3O. The van der Waals surface area contributed by atoms with Gasteiger partial charge in [0.2, 0.25) is 0 Å². The number of carbonyl (C=O) groups is 1. The number of pyridine rings is 1. The fourth-order valence-electron chi connectivity index (χ4n) is 3.24. The molecule has 0 radical (unpaired) electrons. The Hall–Kier alpha value is -2.50. The number of amides is 1. The third-order valence-corrected chi connectivity index (χ3v) is 4.89. The number of piperazine rings is 1. The van der Waals surface area contributed by atoms with Crippen LogP contribution in [-0.4, -0.2) is 42.0 Å². The summed E-state index contributed by atoms with van der Waals surface area (Å²) in [6, 6.07) is 7.61. The van der Waals surface area contributed by atoms with Crippen LogP contribution in [0, 0.1) is 11.6 Å². The van der Waals surface area contributed by atoms with Crippen molar-refractivity contribution in [1.29, 1.82) is 0 Å². The number of halogens is 2. The Morgan fingerprint density at radius 3 is 2.24 bits per heavy atom. The van der Waals surface area contributed by atoms with E-state index in [4.69, 9.17) is 0 Å². The Labute approximate surface area is 145 Å². The van der Waals surface area contributed by atoms with Gasteiger partial charge >= 0.3 is 0 Å². The van der Waals surface area contributed by atoms with Crippen molar-refractivity contribution in [3.63, 3.8) is 0 Å². The van der Waals surface area contributed by atoms with Gasteiger partial charge in [0.05, 0.1) is 0 Å². The van der Waals surface area contributed by atoms with E-state index in [2.05, 4.69) is 16.0 Å². The fourth-order valence-corrected chi connectivity index (χ4v) is 3.24. The second kappa shape index (κ2) is 6.43. The standard InChI is InChI=1S/C19H19F2N3O/c20-15-2-1-3-16(21)18(15)19(25)24-10-8-23(9-11-24)17-7-6-14(12-22-17)13-4-5-13/h1-3,6-7,12-13H,4-5,8-11H2. The van der Waals surface area contributed by atoms with Crippen LogP contribution in [-0.2, 0) is 0 Å². The Morgan fingerprint density at radius 2 is 1.68 bits per heavy atom. The van der Waals surface area contributed by atoms with Gasteiger partial charge in [-0.2, -0.15) is 0 Å². The van der Waals surface area contributed by atoms with Crippen molar-refractivity contribution in [3.05, 3.63) is 59.3 Å². The van der Waals surface area contributed by atoms with E-state index < -0.39 is 23.1 Å². The van der Waals surface area contributed by atoms with E-state index in [9.17, 15) is 13.6 Å². The molecule has 1 saturated heterocycles. The van der Waals surface area contributed by atoms with Gasteiger partial charge in [0.25, 0.3) is 5.91 Å². The number of nitrogens with zero attached hydrogens (tertiary/aromatic N) is 3. The van der Waals surface area contributed by atoms with Crippen LogP contribution >= 0.6 is 0 Å². The van der Waals surface area contributed by atoms with Crippen molar-refractivity contribution >= 4 is 11.7 Å². The molecule has 0 unspecified atom stereocenters. The lowest BCUT2D eigenvalue weighted by atomic mass is 10.1. The average Bonchev–Trinajstić information content (AvgIpc) is 3.47. The maximum absolute atomic E-state index is 13.8. The van der Waals surface area contributed by atoms with Crippen molar-refractivity contribution < 1.29 is 13.6 Å². The number of carbonyl (C=O) groups excluding carboxylic acids is 1. The third kappa shape index (κ3) is 3.21. The molecule has 2 aliphatic rings. The normalized spacial score (nSPS) is 17.7. The van der Waals surface area contributed by atoms with Gasteiger partial charge in [-0.1, -0.05) is 12.1 Å². The first-order valence-electron chi connectivity index (χ1n) is 8.57. The van der Waals surface area contributed by atoms with Crippen LogP contribution in [0.5, 0.6) is 0 Å². The zero-order valence-electron chi connectivity index (χ0n) is 13.8. The molecule has 2 fully saturated rings. The lowest BCUT2D eigenvalue weighted by Gasteiger charge is -2.35. The predicted octanol–water partition coefficient (Wildman–Crippen LogP) is 3.20. The molecule has 0 atom stereocenters. The van der Waals surface area contributed by atoms with Crippen molar-refractivity contribution in [3.8, 4) is 0 Å². The Bertz CT molecular complexity index is 762. The molecule has 4 rings (SSSR count). The van der Waals surface area contributed by atoms with Crippen molar-refractivity contribution in [1.82, 2.24) is 9.88 Å². The molecule has 4 nitrogen and oxygen atoms in total. The molecule has 25 heavy (non-hydrogen) atoms. The van der Waals surface area contributed by atoms with E-state index in [1.54, 1.807) is 0 Å². The smallest absolute Gasteiger partial charge is 0.259 e. The molecule has 1 aromatic heterocycles. The van der Waals surface area contributed by atoms with E-state index in [1.165, 1.54) is 29.4 Å². The SMILES string of the molecule is O=C(c1c(F)cccc1F)N1CCN(c2ccc(C3CC3)cn2)CC1. The second-order valence-electron chi connectivity index (χ2n) is 6.60. The summed E-state index contributed by atoms with van der Waals surface area (Å²) in [7, 11) is 0. The molecule has 0 N–H and O–H groups in total. The summed E-state index contributed by atoms with van der Waals surface area (Å²) in [6.45, 7) is 2.02. The van der Waals surface area contributed by atoms with Gasteiger partial charge in [-0.25, -0.2) is 13.8 Å². The molecule has 0 bridgehead atoms. The number of hydrogen-bond donors (Lipinski definition) is 0. The van der Waals surface area contributed by atoms with E-state index in [0.717, 1.165) is 18.0 Å². The quantitative estimate of drug-likeness (QED) is 0.859. The summed E-state index contributed by atoms with van der Waals surface area (Å²) in [5.74, 6) is -0.665. The van der Waals surface area contributed by atoms with Gasteiger partial charge in [-0.05, 0) is 42.5 Å². The number of aromatic nitrogens is 1. The van der Waals surface area contributed by atoms with Crippen LogP contribution < -0.4 is 4.90 Å². The first-order chi connectivity index (χ1) is 12.1. The minimum Gasteiger partial charge on any atom is -0.353 e. The fraction of sp³-hybridized carbons (Fsp3) is 0.368. The zero-order chi connectivity index (χ0) is 17.4. The van der Waals surface area contributed by atoms with Gasteiger partial charge in [-0.15, -0.1) is 0 Å². The molecule has 1 amide bonds. The molecule has 0 spiro atoms. The highest BCUT2D eigenvalue weighted by Gasteiger charge is 2.27. The van der Waals surface area contributed by atoms with Gasteiger partial charge in [-0.3, -0.25) is 4.79 Å². The minimum absolute atomic E-state index is 0.415. The summed E-state index contributed by atoms with van der Waals surface area (Å²) in [5, 5.41) is 0. The molecule has 130 valence electrons. The average molecular weight is 343 g/mol. The molecule has 1 saturated carbocycles. The maximum atomic E-state index is 13.8. The Kier molecular flexibility index (Phi) is 4.11. The van der Waals surface area contributed by atoms with Crippen molar-refractivity contribution in [2.45, 2.75) is 18.8 Å². The summed E-state index contributed by atoms with van der Waals surface area (Å²) < 4.78 is 27.6. The van der Waals surface area contributed by atoms with Gasteiger partial charge in [0.1, 0.15) is 23.0 Å². The number of hydrogen-bond acceptors (Lipinski definition) is 3. The summed E-state index contributed by atoms with van der Waals surface area (Å²) >= 11 is 0. The molecule has 1 aliphatic heterocycles. The molecule has 2 aromatic rings. The van der Waals surface area contributed by atoms with Crippen LogP contribution in [0.2, 0.25) is 0 Å². The topological polar surface area (TPSA) is 36.4 Å². The van der Waals surface area contributed by atoms with Crippen molar-refractivity contribution in [2.24, 2.45) is 0 Å². The molecular weight excluding hydrogens is 324 g/mol. The first-order valence-corrected chi connectivity index (χ1v) is 8.57. The van der Waals surface area contributed by atoms with Crippen LogP contribution in [0.1, 0.15) is 34.7 Å². The van der Waals surface area contributed by atoms with Crippen LogP contribution in [0.4, 0.5) is 14.6 Å². The monoisotopic (exact) mass is 343 g/mol. The second-order valence-corrected chi connectivity index (χ2v) is 6.60. The highest BCUT2D eigenvalue weighted by Crippen LogP contribution is 2.39. The van der Waals surface area contributed by atoms with Crippen LogP contribution in [0.3, 0.4) is 0 Å². The van der Waals surface area contributed by atoms with Gasteiger partial charge in [0, 0.05) is 32.4 Å². The predicted molar refractivity (Wildman–Crippen MR) is 90.7 cm³/mol. The van der Waals surface area contributed by atoms with Crippen LogP contribution in [0.15, 0.2) is 36.5 Å². The minimum atomic E-state index is -0.815. The summed E-state index contributed by atoms with van der Waals surface area (Å²) in [6.07, 6.45) is 4.42. The number of anilines is 1. The van der Waals surface area contributed by atoms with Gasteiger partial charge in [0.15, 0.2) is 0 Å². The number of benzene rings is 1. The summed E-state index contributed by atoms with van der Waals surface area (Å²) in [4.78, 5) is 20.5. The van der Waals surface area contributed by atoms with Gasteiger partial charge < -0.3 is 9.80 Å². The van der Waals surface area contributed by atoms with Crippen LogP contribution in [0.25, 0.3) is 0 Å². The first kappa shape index (κ1) is 16.0. The highest BCUT2D eigenvalue weighted by atomic mass is 19.1. The molecule has 1 aliphatic carbocycles. The van der Waals surface area contributed by atoms with E-state index >= 15 is 0 Å². The molecule has 2 heterocycles. The van der Waals surface area contributed by atoms with Crippen molar-refractivity contribution in [2.75, 3.05) is 31.1 Å². The molecule has 6 heteroatoms.